The molecule has 1 saturated heterocycles. The standard InChI is InChI=1S/C12H21N3O/c1-8(12-9(2)15-16-10(12)3)14-11-5-4-6-13-7-11/h8,11,13-14H,4-7H2,1-3H3. The Morgan fingerprint density at radius 3 is 2.88 bits per heavy atom. The van der Waals surface area contributed by atoms with Gasteiger partial charge >= 0.3 is 0 Å². The molecule has 0 radical (unpaired) electrons. The minimum absolute atomic E-state index is 0.316. The van der Waals surface area contributed by atoms with Crippen LogP contribution in [0.5, 0.6) is 0 Å². The van der Waals surface area contributed by atoms with Crippen molar-refractivity contribution in [2.24, 2.45) is 0 Å². The molecule has 2 heterocycles. The van der Waals surface area contributed by atoms with Crippen molar-refractivity contribution < 1.29 is 4.52 Å². The van der Waals surface area contributed by atoms with Crippen molar-refractivity contribution in [1.82, 2.24) is 15.8 Å². The molecule has 1 fully saturated rings. The number of nitrogens with zero attached hydrogens (tertiary/aromatic N) is 1. The zero-order chi connectivity index (χ0) is 11.5. The van der Waals surface area contributed by atoms with E-state index in [0.29, 0.717) is 12.1 Å². The van der Waals surface area contributed by atoms with E-state index in [1.54, 1.807) is 0 Å². The zero-order valence-electron chi connectivity index (χ0n) is 10.3. The van der Waals surface area contributed by atoms with Crippen LogP contribution in [0.25, 0.3) is 0 Å². The van der Waals surface area contributed by atoms with E-state index in [1.165, 1.54) is 18.4 Å². The summed E-state index contributed by atoms with van der Waals surface area (Å²) in [6.45, 7) is 8.38. The number of nitrogens with one attached hydrogen (secondary N) is 2. The van der Waals surface area contributed by atoms with Crippen LogP contribution in [-0.4, -0.2) is 24.3 Å². The van der Waals surface area contributed by atoms with E-state index in [2.05, 4.69) is 22.7 Å². The van der Waals surface area contributed by atoms with Crippen LogP contribution in [0.3, 0.4) is 0 Å². The number of piperidine rings is 1. The molecule has 2 N–H and O–H groups in total. The third-order valence-electron chi connectivity index (χ3n) is 3.30. The van der Waals surface area contributed by atoms with Crippen LogP contribution in [0.1, 0.15) is 42.8 Å². The van der Waals surface area contributed by atoms with Gasteiger partial charge in [0.2, 0.25) is 0 Å². The first kappa shape index (κ1) is 11.6. The average molecular weight is 223 g/mol. The molecule has 16 heavy (non-hydrogen) atoms. The maximum absolute atomic E-state index is 5.20. The normalized spacial score (nSPS) is 23.3. The van der Waals surface area contributed by atoms with Gasteiger partial charge in [0, 0.05) is 24.2 Å². The molecular formula is C12H21N3O. The zero-order valence-corrected chi connectivity index (χ0v) is 10.3. The Kier molecular flexibility index (Phi) is 3.61. The van der Waals surface area contributed by atoms with Crippen LogP contribution in [0.15, 0.2) is 4.52 Å². The number of aryl methyl sites for hydroxylation is 2. The van der Waals surface area contributed by atoms with Gasteiger partial charge in [-0.05, 0) is 40.2 Å². The lowest BCUT2D eigenvalue weighted by Gasteiger charge is -2.27. The van der Waals surface area contributed by atoms with Crippen molar-refractivity contribution >= 4 is 0 Å². The molecule has 0 aromatic carbocycles. The van der Waals surface area contributed by atoms with Crippen molar-refractivity contribution in [2.75, 3.05) is 13.1 Å². The summed E-state index contributed by atoms with van der Waals surface area (Å²) in [5.41, 5.74) is 2.21. The molecular weight excluding hydrogens is 202 g/mol. The highest BCUT2D eigenvalue weighted by Gasteiger charge is 2.20. The van der Waals surface area contributed by atoms with Crippen molar-refractivity contribution in [1.29, 1.82) is 0 Å². The van der Waals surface area contributed by atoms with Crippen LogP contribution in [0.2, 0.25) is 0 Å². The highest BCUT2D eigenvalue weighted by atomic mass is 16.5. The maximum Gasteiger partial charge on any atom is 0.138 e. The van der Waals surface area contributed by atoms with Crippen LogP contribution in [-0.2, 0) is 0 Å². The summed E-state index contributed by atoms with van der Waals surface area (Å²) >= 11 is 0. The topological polar surface area (TPSA) is 50.1 Å². The summed E-state index contributed by atoms with van der Waals surface area (Å²) in [6, 6.07) is 0.883. The van der Waals surface area contributed by atoms with Gasteiger partial charge in [-0.25, -0.2) is 0 Å². The Hall–Kier alpha value is -0.870. The lowest BCUT2D eigenvalue weighted by Crippen LogP contribution is -2.44. The first-order valence-corrected chi connectivity index (χ1v) is 6.08. The van der Waals surface area contributed by atoms with Crippen molar-refractivity contribution in [3.05, 3.63) is 17.0 Å². The predicted molar refractivity (Wildman–Crippen MR) is 63.4 cm³/mol. The number of hydrogen-bond acceptors (Lipinski definition) is 4. The van der Waals surface area contributed by atoms with E-state index in [9.17, 15) is 0 Å². The quantitative estimate of drug-likeness (QED) is 0.819. The monoisotopic (exact) mass is 223 g/mol. The summed E-state index contributed by atoms with van der Waals surface area (Å²) in [4.78, 5) is 0. The van der Waals surface area contributed by atoms with Gasteiger partial charge in [0.1, 0.15) is 5.76 Å². The summed E-state index contributed by atoms with van der Waals surface area (Å²) in [7, 11) is 0. The molecule has 2 rings (SSSR count). The number of rotatable bonds is 3. The fourth-order valence-electron chi connectivity index (χ4n) is 2.54. The molecule has 2 unspecified atom stereocenters. The summed E-state index contributed by atoms with van der Waals surface area (Å²) in [5.74, 6) is 0.932. The highest BCUT2D eigenvalue weighted by Crippen LogP contribution is 2.22. The van der Waals surface area contributed by atoms with E-state index in [0.717, 1.165) is 24.5 Å². The van der Waals surface area contributed by atoms with E-state index in [1.807, 2.05) is 13.8 Å². The summed E-state index contributed by atoms with van der Waals surface area (Å²) in [6.07, 6.45) is 2.51. The summed E-state index contributed by atoms with van der Waals surface area (Å²) in [5, 5.41) is 11.1. The third-order valence-corrected chi connectivity index (χ3v) is 3.30. The van der Waals surface area contributed by atoms with Crippen LogP contribution < -0.4 is 10.6 Å². The molecule has 0 spiro atoms. The highest BCUT2D eigenvalue weighted by molar-refractivity contribution is 5.24. The lowest BCUT2D eigenvalue weighted by atomic mass is 10.0. The van der Waals surface area contributed by atoms with Crippen LogP contribution in [0.4, 0.5) is 0 Å². The first-order valence-electron chi connectivity index (χ1n) is 6.08. The van der Waals surface area contributed by atoms with Crippen molar-refractivity contribution in [3.8, 4) is 0 Å². The second kappa shape index (κ2) is 4.97. The summed E-state index contributed by atoms with van der Waals surface area (Å²) < 4.78 is 5.20. The molecule has 90 valence electrons. The van der Waals surface area contributed by atoms with E-state index >= 15 is 0 Å². The van der Waals surface area contributed by atoms with Gasteiger partial charge in [-0.1, -0.05) is 5.16 Å². The fraction of sp³-hybridized carbons (Fsp3) is 0.750. The average Bonchev–Trinajstić information content (AvgIpc) is 2.60. The molecule has 0 saturated carbocycles. The minimum atomic E-state index is 0.316. The van der Waals surface area contributed by atoms with Gasteiger partial charge < -0.3 is 15.2 Å². The maximum atomic E-state index is 5.20. The van der Waals surface area contributed by atoms with Gasteiger partial charge in [-0.3, -0.25) is 0 Å². The predicted octanol–water partition coefficient (Wildman–Crippen LogP) is 1.69. The number of hydrogen-bond donors (Lipinski definition) is 2. The minimum Gasteiger partial charge on any atom is -0.361 e. The molecule has 4 heteroatoms. The Balaban J connectivity index is 1.99. The molecule has 2 atom stereocenters. The first-order chi connectivity index (χ1) is 7.68. The van der Waals surface area contributed by atoms with Gasteiger partial charge in [0.05, 0.1) is 5.69 Å². The fourth-order valence-corrected chi connectivity index (χ4v) is 2.54. The second-order valence-electron chi connectivity index (χ2n) is 4.67. The van der Waals surface area contributed by atoms with Gasteiger partial charge in [-0.15, -0.1) is 0 Å². The SMILES string of the molecule is Cc1noc(C)c1C(C)NC1CCCNC1. The molecule has 0 bridgehead atoms. The molecule has 4 nitrogen and oxygen atoms in total. The lowest BCUT2D eigenvalue weighted by molar-refractivity contribution is 0.357. The number of aromatic nitrogens is 1. The van der Waals surface area contributed by atoms with E-state index in [-0.39, 0.29) is 0 Å². The smallest absolute Gasteiger partial charge is 0.138 e. The Morgan fingerprint density at radius 1 is 1.50 bits per heavy atom. The van der Waals surface area contributed by atoms with Gasteiger partial charge in [0.15, 0.2) is 0 Å². The molecule has 0 aliphatic carbocycles. The molecule has 0 amide bonds. The van der Waals surface area contributed by atoms with Crippen molar-refractivity contribution in [2.45, 2.75) is 45.7 Å². The largest absolute Gasteiger partial charge is 0.361 e. The third kappa shape index (κ3) is 2.44. The van der Waals surface area contributed by atoms with Crippen LogP contribution >= 0.6 is 0 Å². The van der Waals surface area contributed by atoms with E-state index < -0.39 is 0 Å². The molecule has 1 aromatic heterocycles. The molecule has 1 aliphatic rings. The van der Waals surface area contributed by atoms with Crippen molar-refractivity contribution in [3.63, 3.8) is 0 Å². The second-order valence-corrected chi connectivity index (χ2v) is 4.67. The van der Waals surface area contributed by atoms with Crippen LogP contribution in [0, 0.1) is 13.8 Å². The Bertz CT molecular complexity index is 323. The molecule has 1 aliphatic heterocycles. The van der Waals surface area contributed by atoms with Gasteiger partial charge in [-0.2, -0.15) is 0 Å². The Labute approximate surface area is 96.8 Å². The van der Waals surface area contributed by atoms with Gasteiger partial charge in [0.25, 0.3) is 0 Å². The van der Waals surface area contributed by atoms with E-state index in [4.69, 9.17) is 4.52 Å². The molecule has 1 aromatic rings. The Morgan fingerprint density at radius 2 is 2.31 bits per heavy atom.